The Kier molecular flexibility index (Phi) is 7.53. The number of fused-ring (bicyclic) bond motifs is 5. The average molecular weight is 504 g/mol. The van der Waals surface area contributed by atoms with Gasteiger partial charge in [0.15, 0.2) is 12.4 Å². The standard InChI is InChI=1S/C28H41NO7/c1-17-13-21-20-8-7-18-14-19(30)9-10-26(18,2)24(20)22(31)15-27(21,3)28(17,34)23(32)16-36-25(33)35-12-6-4-5-11-29/h9-10,14,17,20-22,24,31,34H,4-8,11-13,15-16,29H2,1-3H3/t17-,20-,21-,22-,24+,26-,27-,28-/m0/s1. The van der Waals surface area contributed by atoms with Crippen molar-refractivity contribution in [3.05, 3.63) is 23.8 Å². The lowest BCUT2D eigenvalue weighted by Gasteiger charge is -2.59. The number of aliphatic hydroxyl groups excluding tert-OH is 1. The molecule has 4 N–H and O–H groups in total. The first-order valence-electron chi connectivity index (χ1n) is 13.4. The molecule has 4 rings (SSSR count). The number of hydrogen-bond acceptors (Lipinski definition) is 8. The molecule has 8 nitrogen and oxygen atoms in total. The molecule has 36 heavy (non-hydrogen) atoms. The molecule has 3 saturated carbocycles. The fourth-order valence-electron chi connectivity index (χ4n) is 8.11. The van der Waals surface area contributed by atoms with Gasteiger partial charge in [-0.05, 0) is 81.4 Å². The monoisotopic (exact) mass is 503 g/mol. The van der Waals surface area contributed by atoms with Gasteiger partial charge in [0.1, 0.15) is 5.60 Å². The Morgan fingerprint density at radius 3 is 2.67 bits per heavy atom. The molecule has 0 radical (unpaired) electrons. The summed E-state index contributed by atoms with van der Waals surface area (Å²) in [6, 6.07) is 0. The van der Waals surface area contributed by atoms with Gasteiger partial charge in [0.05, 0.1) is 12.7 Å². The zero-order valence-electron chi connectivity index (χ0n) is 21.7. The fourth-order valence-corrected chi connectivity index (χ4v) is 8.11. The highest BCUT2D eigenvalue weighted by Gasteiger charge is 2.70. The number of nitrogens with two attached hydrogens (primary N) is 1. The summed E-state index contributed by atoms with van der Waals surface area (Å²) in [7, 11) is 0. The predicted octanol–water partition coefficient (Wildman–Crippen LogP) is 3.09. The molecule has 0 amide bonds. The number of Topliss-reactive ketones (excluding diaryl/α,β-unsaturated/α-hetero) is 1. The molecule has 0 saturated heterocycles. The summed E-state index contributed by atoms with van der Waals surface area (Å²) in [5.74, 6) is -0.877. The molecular formula is C28H41NO7. The van der Waals surface area contributed by atoms with Crippen molar-refractivity contribution in [2.24, 2.45) is 40.2 Å². The van der Waals surface area contributed by atoms with Crippen LogP contribution in [0.2, 0.25) is 0 Å². The molecule has 8 heteroatoms. The van der Waals surface area contributed by atoms with Crippen LogP contribution in [-0.2, 0) is 19.1 Å². The minimum Gasteiger partial charge on any atom is -0.434 e. The number of hydrogen-bond donors (Lipinski definition) is 3. The van der Waals surface area contributed by atoms with Gasteiger partial charge < -0.3 is 25.4 Å². The highest BCUT2D eigenvalue weighted by Crippen LogP contribution is 2.68. The van der Waals surface area contributed by atoms with E-state index in [2.05, 4.69) is 6.92 Å². The first-order chi connectivity index (χ1) is 17.0. The van der Waals surface area contributed by atoms with Gasteiger partial charge in [-0.15, -0.1) is 0 Å². The molecule has 0 heterocycles. The van der Waals surface area contributed by atoms with E-state index in [1.807, 2.05) is 19.9 Å². The third kappa shape index (κ3) is 4.25. The molecule has 4 aliphatic rings. The van der Waals surface area contributed by atoms with Gasteiger partial charge >= 0.3 is 6.16 Å². The molecule has 0 aromatic carbocycles. The van der Waals surface area contributed by atoms with Crippen molar-refractivity contribution in [1.82, 2.24) is 0 Å². The van der Waals surface area contributed by atoms with Crippen LogP contribution in [0, 0.1) is 34.5 Å². The Morgan fingerprint density at radius 1 is 1.19 bits per heavy atom. The summed E-state index contributed by atoms with van der Waals surface area (Å²) in [5, 5.41) is 23.4. The molecule has 200 valence electrons. The van der Waals surface area contributed by atoms with Gasteiger partial charge in [0.2, 0.25) is 5.78 Å². The Balaban J connectivity index is 1.48. The lowest BCUT2D eigenvalue weighted by molar-refractivity contribution is -0.184. The number of carbonyl (C=O) groups is 3. The molecule has 0 spiro atoms. The summed E-state index contributed by atoms with van der Waals surface area (Å²) in [6.45, 7) is 6.08. The van der Waals surface area contributed by atoms with Crippen LogP contribution in [-0.4, -0.2) is 59.4 Å². The number of ether oxygens (including phenoxy) is 2. The highest BCUT2D eigenvalue weighted by atomic mass is 16.7. The van der Waals surface area contributed by atoms with Gasteiger partial charge in [0, 0.05) is 16.7 Å². The highest BCUT2D eigenvalue weighted by molar-refractivity contribution is 6.01. The Labute approximate surface area is 213 Å². The van der Waals surface area contributed by atoms with E-state index in [0.717, 1.165) is 31.3 Å². The topological polar surface area (TPSA) is 136 Å². The molecule has 8 atom stereocenters. The first kappa shape index (κ1) is 27.0. The van der Waals surface area contributed by atoms with Crippen LogP contribution in [0.1, 0.15) is 65.7 Å². The van der Waals surface area contributed by atoms with Crippen LogP contribution in [0.25, 0.3) is 0 Å². The second kappa shape index (κ2) is 10.0. The average Bonchev–Trinajstić information content (AvgIpc) is 3.03. The molecule has 0 aromatic rings. The molecule has 0 unspecified atom stereocenters. The normalized spacial score (nSPS) is 41.1. The molecule has 4 aliphatic carbocycles. The van der Waals surface area contributed by atoms with E-state index in [-0.39, 0.29) is 42.5 Å². The van der Waals surface area contributed by atoms with Crippen molar-refractivity contribution in [3.8, 4) is 0 Å². The van der Waals surface area contributed by atoms with Crippen LogP contribution >= 0.6 is 0 Å². The van der Waals surface area contributed by atoms with Crippen LogP contribution in [0.4, 0.5) is 4.79 Å². The van der Waals surface area contributed by atoms with Gasteiger partial charge in [-0.2, -0.15) is 0 Å². The van der Waals surface area contributed by atoms with E-state index >= 15 is 0 Å². The SMILES string of the molecule is C[C@H]1C[C@H]2[C@@H]3CCC4=CC(=O)C=C[C@]4(C)[C@H]3[C@@H](O)C[C@]2(C)[C@@]1(O)C(=O)COC(=O)OCCCCCN. The number of unbranched alkanes of at least 4 members (excludes halogenated alkanes) is 2. The van der Waals surface area contributed by atoms with Crippen molar-refractivity contribution in [2.45, 2.75) is 77.4 Å². The van der Waals surface area contributed by atoms with Crippen molar-refractivity contribution < 1.29 is 34.1 Å². The number of ketones is 2. The van der Waals surface area contributed by atoms with Crippen molar-refractivity contribution in [2.75, 3.05) is 19.8 Å². The summed E-state index contributed by atoms with van der Waals surface area (Å²) >= 11 is 0. The van der Waals surface area contributed by atoms with Crippen LogP contribution < -0.4 is 5.73 Å². The van der Waals surface area contributed by atoms with Gasteiger partial charge in [-0.25, -0.2) is 4.79 Å². The number of rotatable bonds is 8. The second-order valence-corrected chi connectivity index (χ2v) is 11.8. The summed E-state index contributed by atoms with van der Waals surface area (Å²) in [4.78, 5) is 37.4. The van der Waals surface area contributed by atoms with Crippen LogP contribution in [0.5, 0.6) is 0 Å². The molecule has 0 aromatic heterocycles. The second-order valence-electron chi connectivity index (χ2n) is 11.8. The first-order valence-corrected chi connectivity index (χ1v) is 13.4. The number of allylic oxidation sites excluding steroid dienone is 4. The third-order valence-electron chi connectivity index (χ3n) is 9.89. The summed E-state index contributed by atoms with van der Waals surface area (Å²) < 4.78 is 10.1. The van der Waals surface area contributed by atoms with E-state index in [9.17, 15) is 24.6 Å². The van der Waals surface area contributed by atoms with E-state index in [1.54, 1.807) is 12.2 Å². The maximum atomic E-state index is 13.4. The zero-order chi connectivity index (χ0) is 26.3. The van der Waals surface area contributed by atoms with Crippen molar-refractivity contribution in [3.63, 3.8) is 0 Å². The van der Waals surface area contributed by atoms with E-state index in [1.165, 1.54) is 0 Å². The fraction of sp³-hybridized carbons (Fsp3) is 0.750. The summed E-state index contributed by atoms with van der Waals surface area (Å²) in [6.07, 6.45) is 8.41. The molecular weight excluding hydrogens is 462 g/mol. The van der Waals surface area contributed by atoms with Crippen molar-refractivity contribution >= 4 is 17.7 Å². The van der Waals surface area contributed by atoms with Crippen LogP contribution in [0.3, 0.4) is 0 Å². The van der Waals surface area contributed by atoms with E-state index in [0.29, 0.717) is 19.4 Å². The van der Waals surface area contributed by atoms with E-state index < -0.39 is 41.1 Å². The van der Waals surface area contributed by atoms with E-state index in [4.69, 9.17) is 15.2 Å². The van der Waals surface area contributed by atoms with Gasteiger partial charge in [-0.3, -0.25) is 9.59 Å². The van der Waals surface area contributed by atoms with Crippen molar-refractivity contribution in [1.29, 1.82) is 0 Å². The largest absolute Gasteiger partial charge is 0.508 e. The molecule has 0 aliphatic heterocycles. The summed E-state index contributed by atoms with van der Waals surface area (Å²) in [5.41, 5.74) is 3.52. The minimum atomic E-state index is -1.72. The third-order valence-corrected chi connectivity index (χ3v) is 9.89. The number of carbonyl (C=O) groups excluding carboxylic acids is 3. The number of aliphatic hydroxyl groups is 2. The quantitative estimate of drug-likeness (QED) is 0.340. The Morgan fingerprint density at radius 2 is 1.94 bits per heavy atom. The smallest absolute Gasteiger partial charge is 0.434 e. The lowest BCUT2D eigenvalue weighted by Crippen LogP contribution is -2.62. The Bertz CT molecular complexity index is 960. The molecule has 0 bridgehead atoms. The zero-order valence-corrected chi connectivity index (χ0v) is 21.7. The molecule has 3 fully saturated rings. The lowest BCUT2D eigenvalue weighted by atomic mass is 9.46. The van der Waals surface area contributed by atoms with Crippen LogP contribution in [0.15, 0.2) is 23.8 Å². The Hall–Kier alpha value is -2.03. The predicted molar refractivity (Wildman–Crippen MR) is 133 cm³/mol. The maximum absolute atomic E-state index is 13.4. The maximum Gasteiger partial charge on any atom is 0.508 e. The van der Waals surface area contributed by atoms with Gasteiger partial charge in [0.25, 0.3) is 0 Å². The van der Waals surface area contributed by atoms with Gasteiger partial charge in [-0.1, -0.05) is 32.4 Å². The minimum absolute atomic E-state index is 0.0143.